The first kappa shape index (κ1) is 13.2. The highest BCUT2D eigenvalue weighted by Gasteiger charge is 2.37. The fraction of sp³-hybridized carbons (Fsp3) is 0.222. The predicted octanol–water partition coefficient (Wildman–Crippen LogP) is 3.17. The summed E-state index contributed by atoms with van der Waals surface area (Å²) in [4.78, 5) is 25.1. The van der Waals surface area contributed by atoms with E-state index in [0.29, 0.717) is 22.5 Å². The van der Waals surface area contributed by atoms with Crippen molar-refractivity contribution in [3.8, 4) is 11.3 Å². The molecule has 0 fully saturated rings. The molecule has 0 saturated carbocycles. The van der Waals surface area contributed by atoms with Crippen LogP contribution in [0.4, 0.5) is 0 Å². The number of ketones is 2. The number of aliphatic hydroxyl groups excluding tert-OH is 1. The van der Waals surface area contributed by atoms with Crippen LogP contribution in [-0.2, 0) is 13.0 Å². The zero-order chi connectivity index (χ0) is 15.4. The molecule has 2 aromatic rings. The topological polar surface area (TPSA) is 67.5 Å². The summed E-state index contributed by atoms with van der Waals surface area (Å²) < 4.78 is 5.49. The average molecular weight is 294 g/mol. The van der Waals surface area contributed by atoms with Crippen LogP contribution in [0.15, 0.2) is 29.4 Å². The fourth-order valence-electron chi connectivity index (χ4n) is 3.48. The zero-order valence-corrected chi connectivity index (χ0v) is 11.9. The maximum Gasteiger partial charge on any atom is 0.237 e. The number of benzene rings is 1. The third-order valence-electron chi connectivity index (χ3n) is 4.54. The van der Waals surface area contributed by atoms with Crippen LogP contribution in [0, 0.1) is 0 Å². The Morgan fingerprint density at radius 1 is 1.09 bits per heavy atom. The quantitative estimate of drug-likeness (QED) is 0.820. The van der Waals surface area contributed by atoms with Gasteiger partial charge in [-0.1, -0.05) is 12.6 Å². The minimum Gasteiger partial charge on any atom is -0.463 e. The van der Waals surface area contributed by atoms with Crippen molar-refractivity contribution in [1.82, 2.24) is 0 Å². The Morgan fingerprint density at radius 3 is 2.59 bits per heavy atom. The monoisotopic (exact) mass is 294 g/mol. The lowest BCUT2D eigenvalue weighted by Gasteiger charge is -2.24. The molecule has 4 rings (SSSR count). The van der Waals surface area contributed by atoms with Gasteiger partial charge in [0.1, 0.15) is 5.76 Å². The summed E-state index contributed by atoms with van der Waals surface area (Å²) in [5.41, 5.74) is 4.55. The predicted molar refractivity (Wildman–Crippen MR) is 80.7 cm³/mol. The molecule has 0 amide bonds. The molecule has 1 aromatic heterocycles. The molecule has 0 bridgehead atoms. The Hall–Kier alpha value is -2.46. The Bertz CT molecular complexity index is 854. The Kier molecular flexibility index (Phi) is 2.71. The van der Waals surface area contributed by atoms with E-state index in [1.807, 2.05) is 12.1 Å². The standard InChI is InChI=1S/C18H14O4/c1-9-3-2-4-12-11(9)5-6-13-15(12)17(21)16(20)14-10(7-19)8-22-18(13)14/h5-6,8,19H,1-4,7H2. The molecule has 1 aromatic carbocycles. The highest BCUT2D eigenvalue weighted by Crippen LogP contribution is 2.42. The third-order valence-corrected chi connectivity index (χ3v) is 4.54. The van der Waals surface area contributed by atoms with Gasteiger partial charge in [0.25, 0.3) is 0 Å². The number of aliphatic hydroxyl groups is 1. The van der Waals surface area contributed by atoms with Crippen LogP contribution in [0.5, 0.6) is 0 Å². The zero-order valence-electron chi connectivity index (χ0n) is 11.9. The summed E-state index contributed by atoms with van der Waals surface area (Å²) in [6.45, 7) is 3.73. The van der Waals surface area contributed by atoms with Gasteiger partial charge in [-0.2, -0.15) is 0 Å². The third kappa shape index (κ3) is 1.56. The maximum absolute atomic E-state index is 12.6. The number of allylic oxidation sites excluding steroid dienone is 1. The summed E-state index contributed by atoms with van der Waals surface area (Å²) in [6.07, 6.45) is 3.95. The van der Waals surface area contributed by atoms with Gasteiger partial charge in [-0.3, -0.25) is 9.59 Å². The summed E-state index contributed by atoms with van der Waals surface area (Å²) in [6, 6.07) is 3.77. The van der Waals surface area contributed by atoms with Gasteiger partial charge in [0.05, 0.1) is 18.4 Å². The molecule has 22 heavy (non-hydrogen) atoms. The van der Waals surface area contributed by atoms with Gasteiger partial charge in [0.2, 0.25) is 11.6 Å². The van der Waals surface area contributed by atoms with Crippen molar-refractivity contribution in [3.05, 3.63) is 52.8 Å². The smallest absolute Gasteiger partial charge is 0.237 e. The van der Waals surface area contributed by atoms with Crippen molar-refractivity contribution < 1.29 is 19.1 Å². The Labute approximate surface area is 127 Å². The van der Waals surface area contributed by atoms with E-state index in [1.54, 1.807) is 0 Å². The van der Waals surface area contributed by atoms with Crippen LogP contribution in [0.1, 0.15) is 50.2 Å². The van der Waals surface area contributed by atoms with E-state index in [2.05, 4.69) is 6.58 Å². The number of hydrogen-bond acceptors (Lipinski definition) is 4. The van der Waals surface area contributed by atoms with Gasteiger partial charge in [-0.05, 0) is 42.0 Å². The molecule has 1 heterocycles. The second kappa shape index (κ2) is 4.52. The molecule has 2 aliphatic rings. The normalized spacial score (nSPS) is 16.3. The Morgan fingerprint density at radius 2 is 1.82 bits per heavy atom. The number of Topliss-reactive ketones (excluding diaryl/α,β-unsaturated/α-hetero) is 2. The Balaban J connectivity index is 2.05. The van der Waals surface area contributed by atoms with Crippen molar-refractivity contribution in [2.24, 2.45) is 0 Å². The van der Waals surface area contributed by atoms with Gasteiger partial charge in [0, 0.05) is 16.7 Å². The van der Waals surface area contributed by atoms with Crippen molar-refractivity contribution in [2.45, 2.75) is 25.9 Å². The van der Waals surface area contributed by atoms with E-state index < -0.39 is 11.6 Å². The molecule has 0 aliphatic heterocycles. The van der Waals surface area contributed by atoms with Gasteiger partial charge in [-0.25, -0.2) is 0 Å². The van der Waals surface area contributed by atoms with Gasteiger partial charge in [-0.15, -0.1) is 0 Å². The van der Waals surface area contributed by atoms with E-state index in [1.165, 1.54) is 6.26 Å². The second-order valence-corrected chi connectivity index (χ2v) is 5.75. The number of carbonyl (C=O) groups excluding carboxylic acids is 2. The van der Waals surface area contributed by atoms with Crippen LogP contribution in [-0.4, -0.2) is 16.7 Å². The fourth-order valence-corrected chi connectivity index (χ4v) is 3.48. The molecule has 0 unspecified atom stereocenters. The maximum atomic E-state index is 12.6. The van der Waals surface area contributed by atoms with Crippen LogP contribution in [0.25, 0.3) is 16.9 Å². The number of hydrogen-bond donors (Lipinski definition) is 1. The number of carbonyl (C=O) groups is 2. The first-order chi connectivity index (χ1) is 10.6. The van der Waals surface area contributed by atoms with Crippen LogP contribution in [0.3, 0.4) is 0 Å². The van der Waals surface area contributed by atoms with Gasteiger partial charge in [0.15, 0.2) is 0 Å². The van der Waals surface area contributed by atoms with Crippen LogP contribution >= 0.6 is 0 Å². The summed E-state index contributed by atoms with van der Waals surface area (Å²) in [5, 5.41) is 9.33. The SMILES string of the molecule is C=C1CCCc2c1ccc1c2C(=O)C(=O)c2c(CO)coc2-1. The first-order valence-electron chi connectivity index (χ1n) is 7.28. The van der Waals surface area contributed by atoms with Crippen molar-refractivity contribution in [3.63, 3.8) is 0 Å². The molecule has 110 valence electrons. The van der Waals surface area contributed by atoms with Crippen LogP contribution in [0.2, 0.25) is 0 Å². The molecular weight excluding hydrogens is 280 g/mol. The molecule has 0 spiro atoms. The number of furan rings is 1. The van der Waals surface area contributed by atoms with Crippen molar-refractivity contribution in [1.29, 1.82) is 0 Å². The minimum absolute atomic E-state index is 0.203. The highest BCUT2D eigenvalue weighted by molar-refractivity contribution is 6.53. The molecule has 4 nitrogen and oxygen atoms in total. The lowest BCUT2D eigenvalue weighted by molar-refractivity contribution is 0.0812. The molecule has 4 heteroatoms. The van der Waals surface area contributed by atoms with Gasteiger partial charge < -0.3 is 9.52 Å². The number of fused-ring (bicyclic) bond motifs is 5. The largest absolute Gasteiger partial charge is 0.463 e. The van der Waals surface area contributed by atoms with Gasteiger partial charge >= 0.3 is 0 Å². The lowest BCUT2D eigenvalue weighted by Crippen LogP contribution is -2.24. The van der Waals surface area contributed by atoms with E-state index in [-0.39, 0.29) is 12.2 Å². The average Bonchev–Trinajstić information content (AvgIpc) is 2.96. The lowest BCUT2D eigenvalue weighted by atomic mass is 9.77. The van der Waals surface area contributed by atoms with Crippen LogP contribution < -0.4 is 0 Å². The molecule has 0 saturated heterocycles. The van der Waals surface area contributed by atoms with Crippen molar-refractivity contribution >= 4 is 17.1 Å². The van der Waals surface area contributed by atoms with E-state index in [4.69, 9.17) is 4.42 Å². The van der Waals surface area contributed by atoms with E-state index in [0.717, 1.165) is 36.0 Å². The molecular formula is C18H14O4. The highest BCUT2D eigenvalue weighted by atomic mass is 16.3. The van der Waals surface area contributed by atoms with Crippen molar-refractivity contribution in [2.75, 3.05) is 0 Å². The first-order valence-corrected chi connectivity index (χ1v) is 7.28. The molecule has 0 atom stereocenters. The van der Waals surface area contributed by atoms with E-state index in [9.17, 15) is 14.7 Å². The minimum atomic E-state index is -0.593. The molecule has 0 radical (unpaired) electrons. The summed E-state index contributed by atoms with van der Waals surface area (Å²) in [7, 11) is 0. The second-order valence-electron chi connectivity index (χ2n) is 5.75. The summed E-state index contributed by atoms with van der Waals surface area (Å²) >= 11 is 0. The molecule has 2 aliphatic carbocycles. The molecule has 1 N–H and O–H groups in total. The summed E-state index contributed by atoms with van der Waals surface area (Å²) in [5.74, 6) is -0.710. The van der Waals surface area contributed by atoms with E-state index >= 15 is 0 Å². The number of rotatable bonds is 1.